The van der Waals surface area contributed by atoms with Gasteiger partial charge in [0, 0.05) is 47.1 Å². The zero-order valence-corrected chi connectivity index (χ0v) is 18.8. The second-order valence-corrected chi connectivity index (χ2v) is 8.08. The van der Waals surface area contributed by atoms with Gasteiger partial charge >= 0.3 is 0 Å². The number of nitrogens with zero attached hydrogens (tertiary/aromatic N) is 2. The Balaban J connectivity index is 2.29. The molecule has 0 aromatic heterocycles. The van der Waals surface area contributed by atoms with Crippen LogP contribution in [0.5, 0.6) is 0 Å². The number of rotatable bonds is 9. The van der Waals surface area contributed by atoms with E-state index in [4.69, 9.17) is 0 Å². The second-order valence-electron chi connectivity index (χ2n) is 5.87. The smallest absolute Gasteiger partial charge is 0.129 e. The van der Waals surface area contributed by atoms with Crippen LogP contribution in [0.25, 0.3) is 0 Å². The second kappa shape index (κ2) is 12.5. The molecule has 6 heteroatoms. The number of amidine groups is 2. The van der Waals surface area contributed by atoms with Gasteiger partial charge in [0.05, 0.1) is 0 Å². The van der Waals surface area contributed by atoms with Crippen molar-refractivity contribution in [3.8, 4) is 0 Å². The van der Waals surface area contributed by atoms with Gasteiger partial charge in [0.1, 0.15) is 11.7 Å². The average molecular weight is 415 g/mol. The Morgan fingerprint density at radius 1 is 0.679 bits per heavy atom. The van der Waals surface area contributed by atoms with Crippen molar-refractivity contribution >= 4 is 33.3 Å². The quantitative estimate of drug-likeness (QED) is 0.335. The third kappa shape index (κ3) is 6.31. The highest BCUT2D eigenvalue weighted by molar-refractivity contribution is 8.76. The van der Waals surface area contributed by atoms with Crippen molar-refractivity contribution in [3.05, 3.63) is 59.7 Å². The molecule has 2 N–H and O–H groups in total. The van der Waals surface area contributed by atoms with E-state index >= 15 is 0 Å². The predicted octanol–water partition coefficient (Wildman–Crippen LogP) is 5.24. The Hall–Kier alpha value is -1.92. The van der Waals surface area contributed by atoms with E-state index in [0.717, 1.165) is 49.0 Å². The van der Waals surface area contributed by atoms with E-state index in [-0.39, 0.29) is 0 Å². The zero-order valence-electron chi connectivity index (χ0n) is 17.2. The van der Waals surface area contributed by atoms with E-state index in [2.05, 4.69) is 96.8 Å². The molecule has 28 heavy (non-hydrogen) atoms. The van der Waals surface area contributed by atoms with Crippen molar-refractivity contribution in [1.29, 1.82) is 0 Å². The third-order valence-electron chi connectivity index (χ3n) is 3.83. The van der Waals surface area contributed by atoms with E-state index in [9.17, 15) is 0 Å². The van der Waals surface area contributed by atoms with Crippen LogP contribution in [-0.2, 0) is 0 Å². The van der Waals surface area contributed by atoms with Gasteiger partial charge in [-0.2, -0.15) is 0 Å². The summed E-state index contributed by atoms with van der Waals surface area (Å²) in [5, 5.41) is 6.80. The molecule has 0 fully saturated rings. The molecule has 0 spiro atoms. The van der Waals surface area contributed by atoms with Gasteiger partial charge in [0.15, 0.2) is 0 Å². The zero-order chi connectivity index (χ0) is 20.2. The molecule has 150 valence electrons. The highest BCUT2D eigenvalue weighted by Crippen LogP contribution is 2.40. The van der Waals surface area contributed by atoms with Crippen LogP contribution in [0.3, 0.4) is 0 Å². The fourth-order valence-corrected chi connectivity index (χ4v) is 5.05. The summed E-state index contributed by atoms with van der Waals surface area (Å²) in [4.78, 5) is 11.7. The molecule has 0 radical (unpaired) electrons. The molecule has 0 amide bonds. The van der Waals surface area contributed by atoms with Crippen LogP contribution in [0.4, 0.5) is 0 Å². The molecular formula is C22H30N4S2. The minimum absolute atomic E-state index is 0.761. The maximum absolute atomic E-state index is 4.65. The predicted molar refractivity (Wildman–Crippen MR) is 126 cm³/mol. The van der Waals surface area contributed by atoms with Gasteiger partial charge in [-0.05, 0) is 39.8 Å². The number of hydrogen-bond acceptors (Lipinski definition) is 4. The van der Waals surface area contributed by atoms with Gasteiger partial charge < -0.3 is 10.6 Å². The number of benzene rings is 2. The first-order chi connectivity index (χ1) is 13.7. The van der Waals surface area contributed by atoms with E-state index in [0.29, 0.717) is 0 Å². The lowest BCUT2D eigenvalue weighted by Gasteiger charge is -2.15. The van der Waals surface area contributed by atoms with Gasteiger partial charge in [-0.3, -0.25) is 9.98 Å². The maximum Gasteiger partial charge on any atom is 0.129 e. The molecule has 4 nitrogen and oxygen atoms in total. The van der Waals surface area contributed by atoms with Gasteiger partial charge in [-0.15, -0.1) is 0 Å². The summed E-state index contributed by atoms with van der Waals surface area (Å²) in [6, 6.07) is 16.9. The van der Waals surface area contributed by atoms with Crippen molar-refractivity contribution in [2.24, 2.45) is 9.98 Å². The van der Waals surface area contributed by atoms with E-state index in [1.54, 1.807) is 21.6 Å². The average Bonchev–Trinajstić information content (AvgIpc) is 2.72. The molecule has 0 aliphatic heterocycles. The maximum atomic E-state index is 4.65. The number of aliphatic imine (C=N–C) groups is 2. The number of hydrogen-bond donors (Lipinski definition) is 2. The monoisotopic (exact) mass is 414 g/mol. The van der Waals surface area contributed by atoms with Gasteiger partial charge in [0.2, 0.25) is 0 Å². The fourth-order valence-electron chi connectivity index (χ4n) is 2.68. The SMILES string of the molecule is CCN=C(NCC)c1ccccc1SSc1ccccc1C(=NCC)NCC. The summed E-state index contributed by atoms with van der Waals surface area (Å²) in [6.45, 7) is 11.6. The molecule has 0 saturated heterocycles. The minimum atomic E-state index is 0.761. The summed E-state index contributed by atoms with van der Waals surface area (Å²) >= 11 is 0. The highest BCUT2D eigenvalue weighted by atomic mass is 33.1. The van der Waals surface area contributed by atoms with E-state index in [1.807, 2.05) is 0 Å². The van der Waals surface area contributed by atoms with Crippen LogP contribution in [0, 0.1) is 0 Å². The molecule has 0 atom stereocenters. The lowest BCUT2D eigenvalue weighted by Crippen LogP contribution is -2.25. The molecule has 2 aromatic carbocycles. The van der Waals surface area contributed by atoms with Crippen molar-refractivity contribution < 1.29 is 0 Å². The molecule has 0 aliphatic rings. The Morgan fingerprint density at radius 3 is 1.43 bits per heavy atom. The van der Waals surface area contributed by atoms with Gasteiger partial charge in [-0.25, -0.2) is 0 Å². The van der Waals surface area contributed by atoms with Crippen molar-refractivity contribution in [1.82, 2.24) is 10.6 Å². The lowest BCUT2D eigenvalue weighted by atomic mass is 10.2. The van der Waals surface area contributed by atoms with Crippen LogP contribution in [0.15, 0.2) is 68.3 Å². The topological polar surface area (TPSA) is 48.8 Å². The lowest BCUT2D eigenvalue weighted by molar-refractivity contribution is 0.944. The van der Waals surface area contributed by atoms with Crippen LogP contribution in [0.2, 0.25) is 0 Å². The summed E-state index contributed by atoms with van der Waals surface area (Å²) in [7, 11) is 3.52. The Labute approximate surface area is 177 Å². The largest absolute Gasteiger partial charge is 0.370 e. The standard InChI is InChI=1S/C22H30N4S2/c1-5-23-21(24-6-2)17-13-9-11-15-19(17)27-28-20-16-12-10-14-18(20)22(25-7-3)26-8-4/h9-16H,5-8H2,1-4H3,(H,23,24)(H,25,26). The van der Waals surface area contributed by atoms with E-state index in [1.165, 1.54) is 9.79 Å². The first-order valence-corrected chi connectivity index (χ1v) is 12.0. The molecule has 2 rings (SSSR count). The highest BCUT2D eigenvalue weighted by Gasteiger charge is 2.13. The summed E-state index contributed by atoms with van der Waals surface area (Å²) < 4.78 is 0. The molecule has 0 heterocycles. The Morgan fingerprint density at radius 2 is 1.07 bits per heavy atom. The molecule has 0 bridgehead atoms. The summed E-state index contributed by atoms with van der Waals surface area (Å²) in [6.07, 6.45) is 0. The van der Waals surface area contributed by atoms with Crippen LogP contribution in [-0.4, -0.2) is 37.9 Å². The first kappa shape index (κ1) is 22.4. The number of nitrogens with one attached hydrogen (secondary N) is 2. The van der Waals surface area contributed by atoms with Crippen molar-refractivity contribution in [3.63, 3.8) is 0 Å². The first-order valence-electron chi connectivity index (χ1n) is 9.84. The normalized spacial score (nSPS) is 12.1. The van der Waals surface area contributed by atoms with Crippen molar-refractivity contribution in [2.75, 3.05) is 26.2 Å². The Bertz CT molecular complexity index is 735. The van der Waals surface area contributed by atoms with Gasteiger partial charge in [0.25, 0.3) is 0 Å². The van der Waals surface area contributed by atoms with E-state index < -0.39 is 0 Å². The minimum Gasteiger partial charge on any atom is -0.370 e. The third-order valence-corrected chi connectivity index (χ3v) is 6.31. The van der Waals surface area contributed by atoms with Crippen LogP contribution >= 0.6 is 21.6 Å². The molecule has 0 unspecified atom stereocenters. The summed E-state index contributed by atoms with van der Waals surface area (Å²) in [5.74, 6) is 1.92. The molecule has 0 saturated carbocycles. The summed E-state index contributed by atoms with van der Waals surface area (Å²) in [5.41, 5.74) is 2.30. The molecule has 0 aliphatic carbocycles. The molecule has 2 aromatic rings. The van der Waals surface area contributed by atoms with Crippen LogP contribution in [0.1, 0.15) is 38.8 Å². The molecular weight excluding hydrogens is 384 g/mol. The van der Waals surface area contributed by atoms with Crippen molar-refractivity contribution in [2.45, 2.75) is 37.5 Å². The van der Waals surface area contributed by atoms with Gasteiger partial charge in [-0.1, -0.05) is 58.0 Å². The van der Waals surface area contributed by atoms with Crippen LogP contribution < -0.4 is 10.6 Å². The fraction of sp³-hybridized carbons (Fsp3) is 0.364. The Kier molecular flexibility index (Phi) is 10.0.